The summed E-state index contributed by atoms with van der Waals surface area (Å²) in [4.78, 5) is 23.8. The number of rotatable bonds is 4. The summed E-state index contributed by atoms with van der Waals surface area (Å²) in [6.45, 7) is 2.05. The molecule has 2 aliphatic rings. The Morgan fingerprint density at radius 2 is 2.00 bits per heavy atom. The van der Waals surface area contributed by atoms with Crippen molar-refractivity contribution in [1.82, 2.24) is 0 Å². The fraction of sp³-hybridized carbons (Fsp3) is 0.846. The average Bonchev–Trinajstić information content (AvgIpc) is 2.82. The molecular formula is C13H20O5. The Hall–Kier alpha value is -0.940. The smallest absolute Gasteiger partial charge is 0.316 e. The molecular weight excluding hydrogens is 236 g/mol. The molecule has 2 rings (SSSR count). The second kappa shape index (κ2) is 4.97. The summed E-state index contributed by atoms with van der Waals surface area (Å²) in [6, 6.07) is 0. The van der Waals surface area contributed by atoms with Crippen LogP contribution in [-0.4, -0.2) is 38.4 Å². The van der Waals surface area contributed by atoms with Crippen LogP contribution in [0.2, 0.25) is 0 Å². The van der Waals surface area contributed by atoms with Gasteiger partial charge >= 0.3 is 5.97 Å². The summed E-state index contributed by atoms with van der Waals surface area (Å²) >= 11 is 0. The van der Waals surface area contributed by atoms with Crippen LogP contribution in [0.1, 0.15) is 26.2 Å². The van der Waals surface area contributed by atoms with E-state index in [2.05, 4.69) is 0 Å². The summed E-state index contributed by atoms with van der Waals surface area (Å²) in [5.74, 6) is -1.48. The van der Waals surface area contributed by atoms with Gasteiger partial charge in [0.05, 0.1) is 6.61 Å². The van der Waals surface area contributed by atoms with Gasteiger partial charge < -0.3 is 14.2 Å². The Labute approximate surface area is 107 Å². The lowest BCUT2D eigenvalue weighted by Gasteiger charge is -2.27. The van der Waals surface area contributed by atoms with E-state index in [1.807, 2.05) is 0 Å². The first-order chi connectivity index (χ1) is 8.56. The molecule has 0 heterocycles. The highest BCUT2D eigenvalue weighted by Crippen LogP contribution is 2.51. The molecule has 18 heavy (non-hydrogen) atoms. The van der Waals surface area contributed by atoms with E-state index in [0.717, 1.165) is 0 Å². The van der Waals surface area contributed by atoms with Gasteiger partial charge in [0.25, 0.3) is 0 Å². The summed E-state index contributed by atoms with van der Waals surface area (Å²) in [5.41, 5.74) is 0. The second-order valence-electron chi connectivity index (χ2n) is 5.05. The molecule has 5 nitrogen and oxygen atoms in total. The number of hydrogen-bond donors (Lipinski definition) is 0. The summed E-state index contributed by atoms with van der Waals surface area (Å²) in [6.07, 6.45) is 1.69. The van der Waals surface area contributed by atoms with Crippen molar-refractivity contribution in [3.8, 4) is 0 Å². The lowest BCUT2D eigenvalue weighted by Crippen LogP contribution is -2.34. The average molecular weight is 256 g/mol. The molecule has 2 saturated carbocycles. The minimum atomic E-state index is -0.638. The molecule has 0 saturated heterocycles. The molecule has 2 fully saturated rings. The molecule has 3 unspecified atom stereocenters. The Morgan fingerprint density at radius 3 is 2.56 bits per heavy atom. The number of methoxy groups -OCH3 is 2. The zero-order chi connectivity index (χ0) is 13.3. The molecule has 0 spiro atoms. The SMILES string of the molecule is CCOC(=O)C1C(=O)CC2CC(OC)(OC)CC21. The van der Waals surface area contributed by atoms with Crippen molar-refractivity contribution < 1.29 is 23.8 Å². The van der Waals surface area contributed by atoms with E-state index in [-0.39, 0.29) is 17.6 Å². The lowest BCUT2D eigenvalue weighted by atomic mass is 9.91. The van der Waals surface area contributed by atoms with Gasteiger partial charge in [0.2, 0.25) is 0 Å². The Kier molecular flexibility index (Phi) is 3.73. The van der Waals surface area contributed by atoms with Gasteiger partial charge in [-0.2, -0.15) is 0 Å². The fourth-order valence-electron chi connectivity index (χ4n) is 3.35. The van der Waals surface area contributed by atoms with Crippen molar-refractivity contribution in [2.24, 2.45) is 17.8 Å². The van der Waals surface area contributed by atoms with Crippen LogP contribution in [0.3, 0.4) is 0 Å². The number of fused-ring (bicyclic) bond motifs is 1. The van der Waals surface area contributed by atoms with Crippen LogP contribution in [0.25, 0.3) is 0 Å². The number of Topliss-reactive ketones (excluding diaryl/α,β-unsaturated/α-hetero) is 1. The minimum Gasteiger partial charge on any atom is -0.465 e. The molecule has 0 bridgehead atoms. The van der Waals surface area contributed by atoms with E-state index >= 15 is 0 Å². The number of carbonyl (C=O) groups excluding carboxylic acids is 2. The van der Waals surface area contributed by atoms with Crippen LogP contribution >= 0.6 is 0 Å². The molecule has 0 aromatic rings. The molecule has 0 aromatic heterocycles. The molecule has 2 aliphatic carbocycles. The van der Waals surface area contributed by atoms with Crippen LogP contribution in [-0.2, 0) is 23.8 Å². The van der Waals surface area contributed by atoms with Crippen LogP contribution < -0.4 is 0 Å². The van der Waals surface area contributed by atoms with Gasteiger partial charge in [0.15, 0.2) is 5.79 Å². The number of hydrogen-bond acceptors (Lipinski definition) is 5. The normalized spacial score (nSPS) is 33.5. The number of carbonyl (C=O) groups is 2. The van der Waals surface area contributed by atoms with E-state index in [1.54, 1.807) is 21.1 Å². The van der Waals surface area contributed by atoms with Gasteiger partial charge in [-0.25, -0.2) is 0 Å². The topological polar surface area (TPSA) is 61.8 Å². The summed E-state index contributed by atoms with van der Waals surface area (Å²) < 4.78 is 15.8. The molecule has 0 amide bonds. The van der Waals surface area contributed by atoms with Gasteiger partial charge in [0, 0.05) is 33.5 Å². The Balaban J connectivity index is 2.15. The zero-order valence-corrected chi connectivity index (χ0v) is 11.1. The van der Waals surface area contributed by atoms with E-state index in [4.69, 9.17) is 14.2 Å². The molecule has 3 atom stereocenters. The van der Waals surface area contributed by atoms with Crippen molar-refractivity contribution in [2.75, 3.05) is 20.8 Å². The third kappa shape index (κ3) is 2.06. The minimum absolute atomic E-state index is 0.00329. The van der Waals surface area contributed by atoms with Crippen molar-refractivity contribution in [3.05, 3.63) is 0 Å². The van der Waals surface area contributed by atoms with Gasteiger partial charge in [-0.05, 0) is 18.8 Å². The maximum Gasteiger partial charge on any atom is 0.316 e. The Morgan fingerprint density at radius 1 is 1.33 bits per heavy atom. The van der Waals surface area contributed by atoms with Gasteiger partial charge in [-0.15, -0.1) is 0 Å². The maximum absolute atomic E-state index is 11.9. The van der Waals surface area contributed by atoms with Crippen LogP contribution in [0.5, 0.6) is 0 Å². The summed E-state index contributed by atoms with van der Waals surface area (Å²) in [5, 5.41) is 0. The highest BCUT2D eigenvalue weighted by Gasteiger charge is 2.57. The summed E-state index contributed by atoms with van der Waals surface area (Å²) in [7, 11) is 3.21. The highest BCUT2D eigenvalue weighted by atomic mass is 16.7. The first kappa shape index (κ1) is 13.5. The standard InChI is InChI=1S/C13H20O5/c1-4-18-12(15)11-9-7-13(16-2,17-3)6-8(9)5-10(11)14/h8-9,11H,4-7H2,1-3H3. The maximum atomic E-state index is 11.9. The van der Waals surface area contributed by atoms with Crippen molar-refractivity contribution in [3.63, 3.8) is 0 Å². The fourth-order valence-corrected chi connectivity index (χ4v) is 3.35. The molecule has 0 aliphatic heterocycles. The molecule has 102 valence electrons. The zero-order valence-electron chi connectivity index (χ0n) is 11.1. The predicted molar refractivity (Wildman–Crippen MR) is 62.7 cm³/mol. The number of ether oxygens (including phenoxy) is 3. The van der Waals surface area contributed by atoms with E-state index in [0.29, 0.717) is 25.9 Å². The predicted octanol–water partition coefficient (Wildman–Crippen LogP) is 1.15. The van der Waals surface area contributed by atoms with Crippen LogP contribution in [0, 0.1) is 17.8 Å². The van der Waals surface area contributed by atoms with E-state index in [9.17, 15) is 9.59 Å². The molecule has 0 N–H and O–H groups in total. The largest absolute Gasteiger partial charge is 0.465 e. The molecule has 0 radical (unpaired) electrons. The van der Waals surface area contributed by atoms with Gasteiger partial charge in [0.1, 0.15) is 11.7 Å². The van der Waals surface area contributed by atoms with Crippen molar-refractivity contribution in [2.45, 2.75) is 32.0 Å². The Bertz CT molecular complexity index is 347. The van der Waals surface area contributed by atoms with Gasteiger partial charge in [-0.1, -0.05) is 0 Å². The third-order valence-corrected chi connectivity index (χ3v) is 4.25. The molecule has 0 aromatic carbocycles. The van der Waals surface area contributed by atoms with E-state index < -0.39 is 17.7 Å². The monoisotopic (exact) mass is 256 g/mol. The quantitative estimate of drug-likeness (QED) is 0.429. The van der Waals surface area contributed by atoms with Crippen molar-refractivity contribution >= 4 is 11.8 Å². The number of ketones is 1. The van der Waals surface area contributed by atoms with Crippen LogP contribution in [0.15, 0.2) is 0 Å². The lowest BCUT2D eigenvalue weighted by molar-refractivity contribution is -0.205. The second-order valence-corrected chi connectivity index (χ2v) is 5.05. The first-order valence-electron chi connectivity index (χ1n) is 6.36. The van der Waals surface area contributed by atoms with Crippen molar-refractivity contribution in [1.29, 1.82) is 0 Å². The number of esters is 1. The van der Waals surface area contributed by atoms with Crippen LogP contribution in [0.4, 0.5) is 0 Å². The first-order valence-corrected chi connectivity index (χ1v) is 6.36. The van der Waals surface area contributed by atoms with Gasteiger partial charge in [-0.3, -0.25) is 9.59 Å². The van der Waals surface area contributed by atoms with E-state index in [1.165, 1.54) is 0 Å². The highest BCUT2D eigenvalue weighted by molar-refractivity contribution is 6.01. The third-order valence-electron chi connectivity index (χ3n) is 4.25. The molecule has 5 heteroatoms.